The Labute approximate surface area is 154 Å². The summed E-state index contributed by atoms with van der Waals surface area (Å²) in [6.45, 7) is 0.587. The molecule has 7 heteroatoms. The molecule has 6 nitrogen and oxygen atoms in total. The summed E-state index contributed by atoms with van der Waals surface area (Å²) in [4.78, 5) is 26.9. The predicted molar refractivity (Wildman–Crippen MR) is 101 cm³/mol. The molecule has 136 valence electrons. The number of anilines is 1. The van der Waals surface area contributed by atoms with Crippen LogP contribution in [0.5, 0.6) is 0 Å². The molecule has 0 aliphatic carbocycles. The molecule has 0 radical (unpaired) electrons. The van der Waals surface area contributed by atoms with Gasteiger partial charge in [-0.05, 0) is 29.7 Å². The van der Waals surface area contributed by atoms with Gasteiger partial charge in [0.1, 0.15) is 17.4 Å². The largest absolute Gasteiger partial charge is 0.382 e. The van der Waals surface area contributed by atoms with E-state index in [4.69, 9.17) is 5.26 Å². The second-order valence-electron chi connectivity index (χ2n) is 5.94. The molecule has 0 bridgehead atoms. The van der Waals surface area contributed by atoms with Crippen LogP contribution in [0.4, 0.5) is 10.1 Å². The number of nitrogens with one attached hydrogen (secondary N) is 3. The van der Waals surface area contributed by atoms with E-state index in [0.717, 1.165) is 10.9 Å². The lowest BCUT2D eigenvalue weighted by Gasteiger charge is -2.10. The summed E-state index contributed by atoms with van der Waals surface area (Å²) in [6.07, 6.45) is -0.0381. The van der Waals surface area contributed by atoms with Crippen LogP contribution in [0.25, 0.3) is 10.9 Å². The number of hydrogen-bond donors (Lipinski definition) is 3. The zero-order valence-electron chi connectivity index (χ0n) is 14.4. The molecule has 27 heavy (non-hydrogen) atoms. The van der Waals surface area contributed by atoms with E-state index in [1.54, 1.807) is 24.3 Å². The fraction of sp³-hybridized carbons (Fsp3) is 0.150. The lowest BCUT2D eigenvalue weighted by atomic mass is 10.1. The molecule has 0 saturated carbocycles. The zero-order chi connectivity index (χ0) is 19.2. The van der Waals surface area contributed by atoms with Gasteiger partial charge >= 0.3 is 0 Å². The summed E-state index contributed by atoms with van der Waals surface area (Å²) in [6, 6.07) is 15.2. The summed E-state index contributed by atoms with van der Waals surface area (Å²) in [5, 5.41) is 15.4. The van der Waals surface area contributed by atoms with Gasteiger partial charge in [-0.15, -0.1) is 0 Å². The number of pyridine rings is 1. The number of halogens is 1. The van der Waals surface area contributed by atoms with E-state index in [1.165, 1.54) is 12.1 Å². The Hall–Kier alpha value is -3.66. The first-order valence-corrected chi connectivity index (χ1v) is 8.38. The summed E-state index contributed by atoms with van der Waals surface area (Å²) >= 11 is 0. The highest BCUT2D eigenvalue weighted by atomic mass is 19.1. The monoisotopic (exact) mass is 364 g/mol. The Morgan fingerprint density at radius 2 is 1.96 bits per heavy atom. The highest BCUT2D eigenvalue weighted by Crippen LogP contribution is 2.17. The lowest BCUT2D eigenvalue weighted by Crippen LogP contribution is -2.31. The summed E-state index contributed by atoms with van der Waals surface area (Å²) in [5.41, 5.74) is 1.12. The van der Waals surface area contributed by atoms with Crippen molar-refractivity contribution < 1.29 is 9.18 Å². The van der Waals surface area contributed by atoms with Gasteiger partial charge in [-0.1, -0.05) is 24.3 Å². The second kappa shape index (κ2) is 8.15. The molecule has 0 saturated heterocycles. The number of carbonyl (C=O) groups excluding carboxylic acids is 1. The van der Waals surface area contributed by atoms with Crippen LogP contribution in [0, 0.1) is 17.1 Å². The first-order valence-electron chi connectivity index (χ1n) is 8.38. The summed E-state index contributed by atoms with van der Waals surface area (Å²) in [7, 11) is 0. The van der Waals surface area contributed by atoms with Crippen LogP contribution < -0.4 is 16.2 Å². The summed E-state index contributed by atoms with van der Waals surface area (Å²) < 4.78 is 13.5. The van der Waals surface area contributed by atoms with E-state index in [2.05, 4.69) is 15.6 Å². The van der Waals surface area contributed by atoms with Crippen LogP contribution in [0.15, 0.2) is 53.3 Å². The fourth-order valence-corrected chi connectivity index (χ4v) is 2.74. The van der Waals surface area contributed by atoms with Crippen molar-refractivity contribution >= 4 is 22.5 Å². The molecule has 0 aliphatic heterocycles. The molecule has 1 aromatic heterocycles. The maximum Gasteiger partial charge on any atom is 0.252 e. The van der Waals surface area contributed by atoms with Crippen molar-refractivity contribution in [2.45, 2.75) is 6.42 Å². The van der Waals surface area contributed by atoms with Crippen molar-refractivity contribution in [2.24, 2.45) is 0 Å². The number of benzene rings is 2. The van der Waals surface area contributed by atoms with E-state index in [-0.39, 0.29) is 30.0 Å². The number of rotatable bonds is 6. The van der Waals surface area contributed by atoms with Crippen molar-refractivity contribution in [1.82, 2.24) is 10.3 Å². The molecule has 3 aromatic rings. The number of carbonyl (C=O) groups is 1. The number of H-pyrrole nitrogens is 1. The van der Waals surface area contributed by atoms with Crippen molar-refractivity contribution in [3.63, 3.8) is 0 Å². The Morgan fingerprint density at radius 1 is 1.15 bits per heavy atom. The van der Waals surface area contributed by atoms with E-state index >= 15 is 0 Å². The quantitative estimate of drug-likeness (QED) is 0.585. The van der Waals surface area contributed by atoms with Gasteiger partial charge in [-0.2, -0.15) is 5.26 Å². The standard InChI is InChI=1S/C20H17FN4O2/c21-16-5-3-7-18(15(16)12-22)23-8-9-24-19(26)11-14-10-13-4-1-2-6-17(13)25-20(14)27/h1-7,10,23H,8-9,11H2,(H,24,26)(H,25,27). The smallest absolute Gasteiger partial charge is 0.252 e. The number of fused-ring (bicyclic) bond motifs is 1. The van der Waals surface area contributed by atoms with E-state index in [0.29, 0.717) is 17.8 Å². The Morgan fingerprint density at radius 3 is 2.78 bits per heavy atom. The van der Waals surface area contributed by atoms with Gasteiger partial charge in [-0.25, -0.2) is 4.39 Å². The molecule has 0 spiro atoms. The molecule has 2 aromatic carbocycles. The van der Waals surface area contributed by atoms with Crippen molar-refractivity contribution in [2.75, 3.05) is 18.4 Å². The zero-order valence-corrected chi connectivity index (χ0v) is 14.4. The molecular weight excluding hydrogens is 347 g/mol. The minimum absolute atomic E-state index is 0.0381. The van der Waals surface area contributed by atoms with Crippen LogP contribution in [-0.2, 0) is 11.2 Å². The molecule has 0 aliphatic rings. The van der Waals surface area contributed by atoms with Crippen LogP contribution in [0.2, 0.25) is 0 Å². The number of aromatic nitrogens is 1. The van der Waals surface area contributed by atoms with E-state index in [9.17, 15) is 14.0 Å². The minimum Gasteiger partial charge on any atom is -0.382 e. The number of amides is 1. The number of hydrogen-bond acceptors (Lipinski definition) is 4. The number of nitrogens with zero attached hydrogens (tertiary/aromatic N) is 1. The minimum atomic E-state index is -0.595. The first kappa shape index (κ1) is 18.1. The normalized spacial score (nSPS) is 10.4. The van der Waals surface area contributed by atoms with Gasteiger partial charge in [0.25, 0.3) is 5.56 Å². The Bertz CT molecular complexity index is 1090. The molecule has 1 heterocycles. The number of aromatic amines is 1. The SMILES string of the molecule is N#Cc1c(F)cccc1NCCNC(=O)Cc1cc2ccccc2[nH]c1=O. The Balaban J connectivity index is 1.55. The Kier molecular flexibility index (Phi) is 5.47. The maximum absolute atomic E-state index is 13.5. The van der Waals surface area contributed by atoms with Gasteiger partial charge in [0.2, 0.25) is 5.91 Å². The van der Waals surface area contributed by atoms with Crippen molar-refractivity contribution in [3.05, 3.63) is 75.8 Å². The molecule has 3 rings (SSSR count). The summed E-state index contributed by atoms with van der Waals surface area (Å²) in [5.74, 6) is -0.889. The van der Waals surface area contributed by atoms with Gasteiger partial charge in [0.05, 0.1) is 12.1 Å². The first-order chi connectivity index (χ1) is 13.1. The second-order valence-corrected chi connectivity index (χ2v) is 5.94. The molecular formula is C20H17FN4O2. The van der Waals surface area contributed by atoms with Gasteiger partial charge in [0, 0.05) is 24.2 Å². The third kappa shape index (κ3) is 4.30. The third-order valence-corrected chi connectivity index (χ3v) is 4.07. The predicted octanol–water partition coefficient (Wildman–Crippen LogP) is 2.31. The molecule has 3 N–H and O–H groups in total. The molecule has 0 atom stereocenters. The molecule has 0 unspecified atom stereocenters. The fourth-order valence-electron chi connectivity index (χ4n) is 2.74. The van der Waals surface area contributed by atoms with Crippen LogP contribution in [-0.4, -0.2) is 24.0 Å². The average Bonchev–Trinajstić information content (AvgIpc) is 2.66. The van der Waals surface area contributed by atoms with Crippen LogP contribution >= 0.6 is 0 Å². The highest BCUT2D eigenvalue weighted by molar-refractivity contribution is 5.82. The average molecular weight is 364 g/mol. The van der Waals surface area contributed by atoms with Gasteiger partial charge in [0.15, 0.2) is 0 Å². The topological polar surface area (TPSA) is 97.8 Å². The van der Waals surface area contributed by atoms with Crippen molar-refractivity contribution in [3.8, 4) is 6.07 Å². The lowest BCUT2D eigenvalue weighted by molar-refractivity contribution is -0.120. The van der Waals surface area contributed by atoms with Crippen molar-refractivity contribution in [1.29, 1.82) is 5.26 Å². The van der Waals surface area contributed by atoms with Gasteiger partial charge in [-0.3, -0.25) is 9.59 Å². The number of nitriles is 1. The third-order valence-electron chi connectivity index (χ3n) is 4.07. The van der Waals surface area contributed by atoms with Gasteiger partial charge < -0.3 is 15.6 Å². The molecule has 1 amide bonds. The van der Waals surface area contributed by atoms with Crippen LogP contribution in [0.1, 0.15) is 11.1 Å². The number of para-hydroxylation sites is 1. The maximum atomic E-state index is 13.5. The van der Waals surface area contributed by atoms with Crippen LogP contribution in [0.3, 0.4) is 0 Å². The molecule has 0 fully saturated rings. The van der Waals surface area contributed by atoms with E-state index < -0.39 is 5.82 Å². The van der Waals surface area contributed by atoms with E-state index in [1.807, 2.05) is 18.2 Å². The highest BCUT2D eigenvalue weighted by Gasteiger charge is 2.09.